The monoisotopic (exact) mass is 343 g/mol. The fourth-order valence-electron chi connectivity index (χ4n) is 2.82. The Labute approximate surface area is 150 Å². The van der Waals surface area contributed by atoms with Crippen LogP contribution in [0.1, 0.15) is 0 Å². The number of anilines is 2. The van der Waals surface area contributed by atoms with Gasteiger partial charge < -0.3 is 14.5 Å². The van der Waals surface area contributed by atoms with Gasteiger partial charge in [-0.05, 0) is 36.4 Å². The Morgan fingerprint density at radius 1 is 0.846 bits per heavy atom. The van der Waals surface area contributed by atoms with Crippen molar-refractivity contribution in [2.24, 2.45) is 0 Å². The molecule has 0 fully saturated rings. The molecule has 0 spiro atoms. The summed E-state index contributed by atoms with van der Waals surface area (Å²) in [7, 11) is 1.64. The minimum absolute atomic E-state index is 0.0545. The predicted octanol–water partition coefficient (Wildman–Crippen LogP) is 5.21. The van der Waals surface area contributed by atoms with Gasteiger partial charge in [0.2, 0.25) is 0 Å². The SMILES string of the molecule is COc1ccc(Nc2ccc3c(=O)cc(-c4ccccc4)oc3c2)cc1. The van der Waals surface area contributed by atoms with Crippen molar-refractivity contribution < 1.29 is 9.15 Å². The van der Waals surface area contributed by atoms with E-state index in [4.69, 9.17) is 9.15 Å². The standard InChI is InChI=1S/C22H17NO3/c1-25-18-10-7-16(8-11-18)23-17-9-12-19-20(24)14-21(26-22(19)13-17)15-5-3-2-4-6-15/h2-14,23H,1H3. The average Bonchev–Trinajstić information content (AvgIpc) is 2.69. The second kappa shape index (κ2) is 6.76. The first-order valence-electron chi connectivity index (χ1n) is 8.27. The Bertz CT molecular complexity index is 1100. The number of hydrogen-bond acceptors (Lipinski definition) is 4. The quantitative estimate of drug-likeness (QED) is 0.552. The maximum absolute atomic E-state index is 12.4. The van der Waals surface area contributed by atoms with Gasteiger partial charge in [-0.25, -0.2) is 0 Å². The lowest BCUT2D eigenvalue weighted by atomic mass is 10.1. The van der Waals surface area contributed by atoms with Crippen LogP contribution < -0.4 is 15.5 Å². The summed E-state index contributed by atoms with van der Waals surface area (Å²) < 4.78 is 11.2. The Kier molecular flexibility index (Phi) is 4.15. The normalized spacial score (nSPS) is 10.7. The fourth-order valence-corrected chi connectivity index (χ4v) is 2.82. The lowest BCUT2D eigenvalue weighted by molar-refractivity contribution is 0.415. The maximum atomic E-state index is 12.4. The highest BCUT2D eigenvalue weighted by atomic mass is 16.5. The van der Waals surface area contributed by atoms with E-state index in [1.807, 2.05) is 66.7 Å². The maximum Gasteiger partial charge on any atom is 0.193 e. The molecule has 0 aliphatic heterocycles. The Balaban J connectivity index is 1.72. The number of benzene rings is 3. The van der Waals surface area contributed by atoms with E-state index in [1.165, 1.54) is 6.07 Å². The number of hydrogen-bond donors (Lipinski definition) is 1. The summed E-state index contributed by atoms with van der Waals surface area (Å²) in [6.45, 7) is 0. The van der Waals surface area contributed by atoms with Crippen molar-refractivity contribution in [1.82, 2.24) is 0 Å². The third-order valence-electron chi connectivity index (χ3n) is 4.17. The predicted molar refractivity (Wildman–Crippen MR) is 104 cm³/mol. The van der Waals surface area contributed by atoms with Crippen LogP contribution in [0.25, 0.3) is 22.3 Å². The van der Waals surface area contributed by atoms with Crippen LogP contribution in [0.4, 0.5) is 11.4 Å². The molecule has 0 radical (unpaired) electrons. The lowest BCUT2D eigenvalue weighted by Crippen LogP contribution is -2.01. The van der Waals surface area contributed by atoms with Crippen molar-refractivity contribution in [3.63, 3.8) is 0 Å². The van der Waals surface area contributed by atoms with E-state index in [0.29, 0.717) is 16.7 Å². The molecule has 1 N–H and O–H groups in total. The topological polar surface area (TPSA) is 51.5 Å². The molecule has 4 rings (SSSR count). The Morgan fingerprint density at radius 3 is 2.31 bits per heavy atom. The summed E-state index contributed by atoms with van der Waals surface area (Å²) in [6, 6.07) is 24.3. The third-order valence-corrected chi connectivity index (χ3v) is 4.17. The van der Waals surface area contributed by atoms with Gasteiger partial charge in [-0.2, -0.15) is 0 Å². The number of ether oxygens (including phenoxy) is 1. The summed E-state index contributed by atoms with van der Waals surface area (Å²) in [6.07, 6.45) is 0. The second-order valence-corrected chi connectivity index (χ2v) is 5.91. The van der Waals surface area contributed by atoms with Gasteiger partial charge in [-0.3, -0.25) is 4.79 Å². The van der Waals surface area contributed by atoms with E-state index >= 15 is 0 Å². The van der Waals surface area contributed by atoms with Crippen molar-refractivity contribution in [3.05, 3.63) is 89.1 Å². The first-order valence-corrected chi connectivity index (χ1v) is 8.27. The van der Waals surface area contributed by atoms with Crippen LogP contribution in [0.3, 0.4) is 0 Å². The van der Waals surface area contributed by atoms with Gasteiger partial charge in [0.05, 0.1) is 12.5 Å². The molecule has 0 saturated heterocycles. The molecule has 0 amide bonds. The van der Waals surface area contributed by atoms with Crippen molar-refractivity contribution in [3.8, 4) is 17.1 Å². The molecule has 4 nitrogen and oxygen atoms in total. The highest BCUT2D eigenvalue weighted by Gasteiger charge is 2.08. The summed E-state index contributed by atoms with van der Waals surface area (Å²) >= 11 is 0. The number of methoxy groups -OCH3 is 1. The zero-order valence-electron chi connectivity index (χ0n) is 14.2. The Hall–Kier alpha value is -3.53. The summed E-state index contributed by atoms with van der Waals surface area (Å²) in [4.78, 5) is 12.4. The van der Waals surface area contributed by atoms with Crippen molar-refractivity contribution in [2.45, 2.75) is 0 Å². The van der Waals surface area contributed by atoms with Gasteiger partial charge in [0.1, 0.15) is 17.1 Å². The molecule has 4 aromatic rings. The smallest absolute Gasteiger partial charge is 0.193 e. The van der Waals surface area contributed by atoms with Gasteiger partial charge in [-0.15, -0.1) is 0 Å². The molecule has 0 unspecified atom stereocenters. The second-order valence-electron chi connectivity index (χ2n) is 5.91. The van der Waals surface area contributed by atoms with Gasteiger partial charge in [0.25, 0.3) is 0 Å². The summed E-state index contributed by atoms with van der Waals surface area (Å²) in [5.74, 6) is 1.36. The zero-order valence-corrected chi connectivity index (χ0v) is 14.2. The first-order chi connectivity index (χ1) is 12.7. The zero-order chi connectivity index (χ0) is 17.9. The lowest BCUT2D eigenvalue weighted by Gasteiger charge is -2.09. The van der Waals surface area contributed by atoms with Crippen LogP contribution in [-0.4, -0.2) is 7.11 Å². The van der Waals surface area contributed by atoms with Gasteiger partial charge in [0.15, 0.2) is 5.43 Å². The molecule has 1 heterocycles. The molecule has 3 aromatic carbocycles. The fraction of sp³-hybridized carbons (Fsp3) is 0.0455. The minimum atomic E-state index is -0.0545. The summed E-state index contributed by atoms with van der Waals surface area (Å²) in [5.41, 5.74) is 3.14. The van der Waals surface area contributed by atoms with Crippen LogP contribution in [0.5, 0.6) is 5.75 Å². The van der Waals surface area contributed by atoms with Crippen LogP contribution >= 0.6 is 0 Å². The van der Waals surface area contributed by atoms with Crippen molar-refractivity contribution >= 4 is 22.3 Å². The van der Waals surface area contributed by atoms with Crippen LogP contribution in [0, 0.1) is 0 Å². The van der Waals surface area contributed by atoms with Crippen molar-refractivity contribution in [1.29, 1.82) is 0 Å². The average molecular weight is 343 g/mol. The van der Waals surface area contributed by atoms with E-state index in [2.05, 4.69) is 5.32 Å². The van der Waals surface area contributed by atoms with Crippen LogP contribution in [0.15, 0.2) is 88.1 Å². The highest BCUT2D eigenvalue weighted by Crippen LogP contribution is 2.26. The third kappa shape index (κ3) is 3.17. The number of fused-ring (bicyclic) bond motifs is 1. The summed E-state index contributed by atoms with van der Waals surface area (Å²) in [5, 5.41) is 3.87. The van der Waals surface area contributed by atoms with Crippen molar-refractivity contribution in [2.75, 3.05) is 12.4 Å². The van der Waals surface area contributed by atoms with E-state index in [1.54, 1.807) is 13.2 Å². The van der Waals surface area contributed by atoms with Gasteiger partial charge in [-0.1, -0.05) is 30.3 Å². The molecule has 4 heteroatoms. The van der Waals surface area contributed by atoms with E-state index in [0.717, 1.165) is 22.7 Å². The molecular weight excluding hydrogens is 326 g/mol. The molecule has 26 heavy (non-hydrogen) atoms. The highest BCUT2D eigenvalue weighted by molar-refractivity contribution is 5.83. The molecule has 0 atom stereocenters. The van der Waals surface area contributed by atoms with E-state index in [9.17, 15) is 4.79 Å². The number of nitrogens with one attached hydrogen (secondary N) is 1. The molecule has 0 bridgehead atoms. The first kappa shape index (κ1) is 16.0. The largest absolute Gasteiger partial charge is 0.497 e. The minimum Gasteiger partial charge on any atom is -0.497 e. The number of rotatable bonds is 4. The van der Waals surface area contributed by atoms with E-state index < -0.39 is 0 Å². The molecule has 128 valence electrons. The van der Waals surface area contributed by atoms with Crippen LogP contribution in [-0.2, 0) is 0 Å². The molecular formula is C22H17NO3. The molecule has 0 aliphatic rings. The molecule has 0 saturated carbocycles. The Morgan fingerprint density at radius 2 is 1.58 bits per heavy atom. The van der Waals surface area contributed by atoms with Crippen LogP contribution in [0.2, 0.25) is 0 Å². The van der Waals surface area contributed by atoms with Gasteiger partial charge >= 0.3 is 0 Å². The van der Waals surface area contributed by atoms with E-state index in [-0.39, 0.29) is 5.43 Å². The van der Waals surface area contributed by atoms with Gasteiger partial charge in [0, 0.05) is 29.1 Å². The molecule has 1 aromatic heterocycles. The molecule has 0 aliphatic carbocycles.